The number of Topliss-reactive ketones (excluding diaryl/α,β-unsaturated/α-hetero) is 1. The third-order valence-corrected chi connectivity index (χ3v) is 9.32. The predicted molar refractivity (Wildman–Crippen MR) is 106 cm³/mol. The summed E-state index contributed by atoms with van der Waals surface area (Å²) in [7, 11) is 0. The molecule has 28 heavy (non-hydrogen) atoms. The zero-order valence-electron chi connectivity index (χ0n) is 18.0. The molecule has 154 valence electrons. The summed E-state index contributed by atoms with van der Waals surface area (Å²) in [6, 6.07) is 0. The van der Waals surface area contributed by atoms with Gasteiger partial charge in [0.15, 0.2) is 17.2 Å². The average Bonchev–Trinajstić information content (AvgIpc) is 2.60. The second kappa shape index (κ2) is 6.27. The van der Waals surface area contributed by atoms with Crippen LogP contribution in [0.15, 0.2) is 11.6 Å². The number of hydrogen-bond donors (Lipinski definition) is 0. The minimum absolute atomic E-state index is 0.0822. The summed E-state index contributed by atoms with van der Waals surface area (Å²) in [6.07, 6.45) is 7.97. The molecule has 0 aromatic rings. The average molecular weight is 387 g/mol. The number of esters is 1. The second-order valence-electron chi connectivity index (χ2n) is 10.5. The van der Waals surface area contributed by atoms with Crippen molar-refractivity contribution in [2.24, 2.45) is 34.5 Å². The Balaban J connectivity index is 1.74. The highest BCUT2D eigenvalue weighted by Crippen LogP contribution is 2.67. The number of ketones is 2. The van der Waals surface area contributed by atoms with Crippen LogP contribution in [0.5, 0.6) is 0 Å². The van der Waals surface area contributed by atoms with E-state index in [-0.39, 0.29) is 28.4 Å². The van der Waals surface area contributed by atoms with Crippen LogP contribution in [0.1, 0.15) is 79.6 Å². The fourth-order valence-corrected chi connectivity index (χ4v) is 7.73. The molecule has 0 unspecified atom stereocenters. The summed E-state index contributed by atoms with van der Waals surface area (Å²) in [5.41, 5.74) is 0.131. The van der Waals surface area contributed by atoms with Crippen LogP contribution in [0.3, 0.4) is 0 Å². The monoisotopic (exact) mass is 386 g/mol. The summed E-state index contributed by atoms with van der Waals surface area (Å²) in [4.78, 5) is 36.9. The van der Waals surface area contributed by atoms with Gasteiger partial charge in [0.2, 0.25) is 0 Å². The zero-order chi connectivity index (χ0) is 20.5. The molecule has 0 amide bonds. The third-order valence-electron chi connectivity index (χ3n) is 9.32. The van der Waals surface area contributed by atoms with Crippen molar-refractivity contribution in [3.05, 3.63) is 11.6 Å². The van der Waals surface area contributed by atoms with E-state index in [0.29, 0.717) is 36.5 Å². The van der Waals surface area contributed by atoms with Crippen molar-refractivity contribution in [2.75, 3.05) is 0 Å². The van der Waals surface area contributed by atoms with Gasteiger partial charge in [0.1, 0.15) is 0 Å². The summed E-state index contributed by atoms with van der Waals surface area (Å²) >= 11 is 0. The van der Waals surface area contributed by atoms with E-state index >= 15 is 0 Å². The predicted octanol–water partition coefficient (Wildman–Crippen LogP) is 4.66. The Kier molecular flexibility index (Phi) is 4.45. The first-order valence-corrected chi connectivity index (χ1v) is 11.0. The van der Waals surface area contributed by atoms with Crippen molar-refractivity contribution in [1.29, 1.82) is 0 Å². The van der Waals surface area contributed by atoms with Crippen molar-refractivity contribution in [1.82, 2.24) is 0 Å². The van der Waals surface area contributed by atoms with E-state index in [0.717, 1.165) is 32.1 Å². The largest absolute Gasteiger partial charge is 0.451 e. The molecule has 4 heteroatoms. The van der Waals surface area contributed by atoms with Gasteiger partial charge in [0.05, 0.1) is 0 Å². The Hall–Kier alpha value is -1.45. The Labute approximate surface area is 168 Å². The lowest BCUT2D eigenvalue weighted by Crippen LogP contribution is -2.65. The van der Waals surface area contributed by atoms with Crippen molar-refractivity contribution >= 4 is 17.5 Å². The fraction of sp³-hybridized carbons (Fsp3) is 0.792. The SMILES string of the molecule is CC(=O)O[C@]1(C)C(=O)CC[C@H]2[C@@H]3C[C@H](C)C4=CC(=O)CC[C@]4(C)[C@H]3CC[C@@]21C. The number of fused-ring (bicyclic) bond motifs is 5. The lowest BCUT2D eigenvalue weighted by Gasteiger charge is -2.64. The van der Waals surface area contributed by atoms with E-state index in [4.69, 9.17) is 4.74 Å². The van der Waals surface area contributed by atoms with Crippen LogP contribution in [0.25, 0.3) is 0 Å². The molecular formula is C24H34O4. The Morgan fingerprint density at radius 1 is 1.07 bits per heavy atom. The smallest absolute Gasteiger partial charge is 0.303 e. The third kappa shape index (κ3) is 2.52. The molecule has 0 N–H and O–H groups in total. The van der Waals surface area contributed by atoms with Gasteiger partial charge in [-0.15, -0.1) is 0 Å². The van der Waals surface area contributed by atoms with Gasteiger partial charge >= 0.3 is 5.97 Å². The van der Waals surface area contributed by atoms with Crippen LogP contribution < -0.4 is 0 Å². The molecule has 0 aromatic heterocycles. The molecule has 4 rings (SSSR count). The van der Waals surface area contributed by atoms with Crippen LogP contribution in [-0.2, 0) is 19.1 Å². The van der Waals surface area contributed by atoms with E-state index < -0.39 is 5.60 Å². The molecule has 3 saturated carbocycles. The molecule has 4 aliphatic rings. The van der Waals surface area contributed by atoms with E-state index in [1.54, 1.807) is 0 Å². The highest BCUT2D eigenvalue weighted by Gasteiger charge is 2.65. The van der Waals surface area contributed by atoms with Gasteiger partial charge in [-0.3, -0.25) is 14.4 Å². The Bertz CT molecular complexity index is 767. The van der Waals surface area contributed by atoms with Gasteiger partial charge < -0.3 is 4.74 Å². The lowest BCUT2D eigenvalue weighted by molar-refractivity contribution is -0.208. The van der Waals surface area contributed by atoms with E-state index in [1.807, 2.05) is 13.0 Å². The number of allylic oxidation sites excluding steroid dienone is 2. The van der Waals surface area contributed by atoms with Crippen LogP contribution in [-0.4, -0.2) is 23.1 Å². The standard InChI is InChI=1S/C24H34O4/c1-14-12-17-18(22(3)10-8-16(26)13-20(14)22)9-11-23(4)19(17)6-7-21(27)24(23,5)28-15(2)25/h13-14,17-19H,6-12H2,1-5H3/t14-,17+,18-,19-,22+,23-,24+/m0/s1. The maximum Gasteiger partial charge on any atom is 0.303 e. The van der Waals surface area contributed by atoms with Gasteiger partial charge in [-0.25, -0.2) is 0 Å². The maximum absolute atomic E-state index is 12.9. The Morgan fingerprint density at radius 3 is 2.46 bits per heavy atom. The van der Waals surface area contributed by atoms with Crippen LogP contribution in [0.2, 0.25) is 0 Å². The van der Waals surface area contributed by atoms with Gasteiger partial charge in [0, 0.05) is 25.2 Å². The minimum atomic E-state index is -1.02. The number of hydrogen-bond acceptors (Lipinski definition) is 4. The quantitative estimate of drug-likeness (QED) is 0.615. The van der Waals surface area contributed by atoms with Crippen molar-refractivity contribution in [3.63, 3.8) is 0 Å². The number of carbonyl (C=O) groups excluding carboxylic acids is 3. The van der Waals surface area contributed by atoms with Crippen molar-refractivity contribution in [3.8, 4) is 0 Å². The molecule has 0 radical (unpaired) electrons. The highest BCUT2D eigenvalue weighted by atomic mass is 16.6. The number of carbonyl (C=O) groups is 3. The molecular weight excluding hydrogens is 352 g/mol. The fourth-order valence-electron chi connectivity index (χ4n) is 7.73. The molecule has 0 saturated heterocycles. The van der Waals surface area contributed by atoms with Crippen LogP contribution in [0, 0.1) is 34.5 Å². The molecule has 4 aliphatic carbocycles. The molecule has 0 aromatic carbocycles. The van der Waals surface area contributed by atoms with Gasteiger partial charge in [-0.05, 0) is 74.2 Å². The summed E-state index contributed by atoms with van der Waals surface area (Å²) in [5, 5.41) is 0. The van der Waals surface area contributed by atoms with Gasteiger partial charge in [-0.1, -0.05) is 26.3 Å². The minimum Gasteiger partial charge on any atom is -0.451 e. The van der Waals surface area contributed by atoms with E-state index in [2.05, 4.69) is 20.8 Å². The second-order valence-corrected chi connectivity index (χ2v) is 10.5. The molecule has 4 nitrogen and oxygen atoms in total. The first-order valence-electron chi connectivity index (χ1n) is 11.0. The van der Waals surface area contributed by atoms with Crippen LogP contribution in [0.4, 0.5) is 0 Å². The van der Waals surface area contributed by atoms with E-state index in [9.17, 15) is 14.4 Å². The molecule has 7 atom stereocenters. The number of ether oxygens (including phenoxy) is 1. The zero-order valence-corrected chi connectivity index (χ0v) is 18.0. The molecule has 0 bridgehead atoms. The number of rotatable bonds is 1. The summed E-state index contributed by atoms with van der Waals surface area (Å²) < 4.78 is 5.77. The molecule has 0 spiro atoms. The summed E-state index contributed by atoms with van der Waals surface area (Å²) in [6.45, 7) is 10.1. The highest BCUT2D eigenvalue weighted by molar-refractivity contribution is 5.92. The molecule has 0 heterocycles. The van der Waals surface area contributed by atoms with Gasteiger partial charge in [0.25, 0.3) is 0 Å². The normalized spacial score (nSPS) is 48.1. The first-order chi connectivity index (χ1) is 13.0. The van der Waals surface area contributed by atoms with Crippen molar-refractivity contribution < 1.29 is 19.1 Å². The van der Waals surface area contributed by atoms with Gasteiger partial charge in [-0.2, -0.15) is 0 Å². The van der Waals surface area contributed by atoms with Crippen LogP contribution >= 0.6 is 0 Å². The van der Waals surface area contributed by atoms with E-state index in [1.165, 1.54) is 12.5 Å². The van der Waals surface area contributed by atoms with Crippen molar-refractivity contribution in [2.45, 2.75) is 85.2 Å². The molecule has 3 fully saturated rings. The topological polar surface area (TPSA) is 60.4 Å². The lowest BCUT2D eigenvalue weighted by atomic mass is 9.41. The maximum atomic E-state index is 12.9. The molecule has 0 aliphatic heterocycles. The summed E-state index contributed by atoms with van der Waals surface area (Å²) in [5.74, 6) is 1.85. The first kappa shape index (κ1) is 19.8. The Morgan fingerprint density at radius 2 is 1.79 bits per heavy atom.